The van der Waals surface area contributed by atoms with Crippen LogP contribution >= 0.6 is 11.6 Å². The van der Waals surface area contributed by atoms with Crippen molar-refractivity contribution in [1.82, 2.24) is 9.88 Å². The second-order valence-corrected chi connectivity index (χ2v) is 5.19. The van der Waals surface area contributed by atoms with Crippen molar-refractivity contribution >= 4 is 23.3 Å². The first-order valence-electron chi connectivity index (χ1n) is 6.99. The molecule has 1 amide bonds. The number of nitrogens with one attached hydrogen (secondary N) is 1. The molecule has 5 nitrogen and oxygen atoms in total. The lowest BCUT2D eigenvalue weighted by molar-refractivity contribution is 0.0679. The van der Waals surface area contributed by atoms with Crippen molar-refractivity contribution in [2.24, 2.45) is 5.84 Å². The molecule has 0 saturated heterocycles. The number of nitrogens with zero attached hydrogens (tertiary/aromatic N) is 2. The number of hydrogen-bond acceptors (Lipinski definition) is 4. The highest BCUT2D eigenvalue weighted by Gasteiger charge is 2.23. The topological polar surface area (TPSA) is 71.2 Å². The lowest BCUT2D eigenvalue weighted by Gasteiger charge is -2.28. The minimum absolute atomic E-state index is 0.144. The van der Waals surface area contributed by atoms with E-state index in [-0.39, 0.29) is 17.6 Å². The first-order valence-corrected chi connectivity index (χ1v) is 7.37. The van der Waals surface area contributed by atoms with E-state index >= 15 is 0 Å². The van der Waals surface area contributed by atoms with Gasteiger partial charge in [0, 0.05) is 12.6 Å². The Morgan fingerprint density at radius 2 is 2.20 bits per heavy atom. The van der Waals surface area contributed by atoms with Gasteiger partial charge in [-0.1, -0.05) is 31.9 Å². The molecule has 20 heavy (non-hydrogen) atoms. The minimum Gasteiger partial charge on any atom is -0.335 e. The summed E-state index contributed by atoms with van der Waals surface area (Å²) in [6, 6.07) is 3.42. The Hall–Kier alpha value is -1.33. The fraction of sp³-hybridized carbons (Fsp3) is 0.571. The number of rotatable bonds is 7. The SMILES string of the molecule is CCCCN(C(=O)c1nc(NN)ccc1Cl)C(C)CC. The molecule has 112 valence electrons. The maximum atomic E-state index is 12.7. The van der Waals surface area contributed by atoms with Crippen LogP contribution in [0.2, 0.25) is 5.02 Å². The predicted molar refractivity (Wildman–Crippen MR) is 82.8 cm³/mol. The molecular weight excluding hydrogens is 276 g/mol. The van der Waals surface area contributed by atoms with Gasteiger partial charge in [-0.25, -0.2) is 10.8 Å². The first-order chi connectivity index (χ1) is 9.54. The van der Waals surface area contributed by atoms with Gasteiger partial charge >= 0.3 is 0 Å². The molecule has 0 saturated carbocycles. The van der Waals surface area contributed by atoms with Crippen molar-refractivity contribution in [3.8, 4) is 0 Å². The maximum Gasteiger partial charge on any atom is 0.274 e. The molecule has 1 heterocycles. The molecule has 1 unspecified atom stereocenters. The number of anilines is 1. The van der Waals surface area contributed by atoms with Crippen molar-refractivity contribution in [1.29, 1.82) is 0 Å². The Kier molecular flexibility index (Phi) is 6.75. The van der Waals surface area contributed by atoms with Gasteiger partial charge in [-0.2, -0.15) is 0 Å². The maximum absolute atomic E-state index is 12.7. The minimum atomic E-state index is -0.144. The molecule has 0 fully saturated rings. The highest BCUT2D eigenvalue weighted by atomic mass is 35.5. The molecule has 0 aromatic carbocycles. The second-order valence-electron chi connectivity index (χ2n) is 4.78. The quantitative estimate of drug-likeness (QED) is 0.599. The number of hydrazine groups is 1. The molecule has 0 bridgehead atoms. The van der Waals surface area contributed by atoms with Crippen molar-refractivity contribution in [2.45, 2.75) is 46.1 Å². The standard InChI is InChI=1S/C14H23ClN4O/c1-4-6-9-19(10(3)5-2)14(20)13-11(15)7-8-12(17-13)18-16/h7-8,10H,4-6,9,16H2,1-3H3,(H,17,18). The van der Waals surface area contributed by atoms with E-state index < -0.39 is 0 Å². The number of carbonyl (C=O) groups is 1. The van der Waals surface area contributed by atoms with Crippen LogP contribution in [0.15, 0.2) is 12.1 Å². The molecule has 0 spiro atoms. The molecule has 0 aliphatic heterocycles. The van der Waals surface area contributed by atoms with Crippen LogP contribution in [0.4, 0.5) is 5.82 Å². The monoisotopic (exact) mass is 298 g/mol. The van der Waals surface area contributed by atoms with Gasteiger partial charge in [0.05, 0.1) is 5.02 Å². The Labute approximate surface area is 125 Å². The number of amides is 1. The number of halogens is 1. The summed E-state index contributed by atoms with van der Waals surface area (Å²) in [5.41, 5.74) is 2.68. The molecule has 6 heteroatoms. The van der Waals surface area contributed by atoms with Crippen LogP contribution in [0.5, 0.6) is 0 Å². The zero-order valence-electron chi connectivity index (χ0n) is 12.3. The summed E-state index contributed by atoms with van der Waals surface area (Å²) in [6.45, 7) is 6.91. The summed E-state index contributed by atoms with van der Waals surface area (Å²) < 4.78 is 0. The van der Waals surface area contributed by atoms with E-state index in [4.69, 9.17) is 17.4 Å². The highest BCUT2D eigenvalue weighted by molar-refractivity contribution is 6.33. The lowest BCUT2D eigenvalue weighted by atomic mass is 10.1. The number of hydrogen-bond donors (Lipinski definition) is 2. The Morgan fingerprint density at radius 1 is 1.50 bits per heavy atom. The van der Waals surface area contributed by atoms with Crippen LogP contribution in [-0.2, 0) is 0 Å². The van der Waals surface area contributed by atoms with Gasteiger partial charge in [0.2, 0.25) is 0 Å². The average Bonchev–Trinajstić information content (AvgIpc) is 2.47. The summed E-state index contributed by atoms with van der Waals surface area (Å²) >= 11 is 6.10. The summed E-state index contributed by atoms with van der Waals surface area (Å²) in [5.74, 6) is 5.62. The molecule has 3 N–H and O–H groups in total. The van der Waals surface area contributed by atoms with Gasteiger partial charge in [-0.3, -0.25) is 4.79 Å². The van der Waals surface area contributed by atoms with E-state index in [1.807, 2.05) is 11.8 Å². The van der Waals surface area contributed by atoms with Crippen LogP contribution in [-0.4, -0.2) is 28.4 Å². The number of nitrogens with two attached hydrogens (primary N) is 1. The van der Waals surface area contributed by atoms with Crippen LogP contribution in [0.1, 0.15) is 50.5 Å². The third-order valence-electron chi connectivity index (χ3n) is 3.33. The van der Waals surface area contributed by atoms with Crippen molar-refractivity contribution in [2.75, 3.05) is 12.0 Å². The van der Waals surface area contributed by atoms with E-state index in [1.165, 1.54) is 0 Å². The zero-order chi connectivity index (χ0) is 15.1. The molecular formula is C14H23ClN4O. The number of aromatic nitrogens is 1. The molecule has 0 aliphatic carbocycles. The summed E-state index contributed by atoms with van der Waals surface area (Å²) in [5, 5.41) is 0.346. The van der Waals surface area contributed by atoms with Crippen LogP contribution in [0.25, 0.3) is 0 Å². The fourth-order valence-electron chi connectivity index (χ4n) is 1.88. The Morgan fingerprint density at radius 3 is 2.75 bits per heavy atom. The van der Waals surface area contributed by atoms with Crippen molar-refractivity contribution in [3.05, 3.63) is 22.8 Å². The van der Waals surface area contributed by atoms with Crippen molar-refractivity contribution < 1.29 is 4.79 Å². The van der Waals surface area contributed by atoms with E-state index in [0.717, 1.165) is 19.3 Å². The highest BCUT2D eigenvalue weighted by Crippen LogP contribution is 2.20. The van der Waals surface area contributed by atoms with E-state index in [2.05, 4.69) is 24.3 Å². The van der Waals surface area contributed by atoms with Gasteiger partial charge in [-0.15, -0.1) is 0 Å². The molecule has 1 aromatic heterocycles. The number of carbonyl (C=O) groups excluding carboxylic acids is 1. The normalized spacial score (nSPS) is 12.1. The van der Waals surface area contributed by atoms with E-state index in [1.54, 1.807) is 12.1 Å². The third-order valence-corrected chi connectivity index (χ3v) is 3.64. The second kappa shape index (κ2) is 8.07. The van der Waals surface area contributed by atoms with Gasteiger partial charge < -0.3 is 10.3 Å². The zero-order valence-corrected chi connectivity index (χ0v) is 13.1. The number of pyridine rings is 1. The van der Waals surface area contributed by atoms with Gasteiger partial charge in [0.15, 0.2) is 0 Å². The summed E-state index contributed by atoms with van der Waals surface area (Å²) in [4.78, 5) is 18.7. The van der Waals surface area contributed by atoms with Crippen molar-refractivity contribution in [3.63, 3.8) is 0 Å². The lowest BCUT2D eigenvalue weighted by Crippen LogP contribution is -2.39. The van der Waals surface area contributed by atoms with E-state index in [0.29, 0.717) is 17.4 Å². The summed E-state index contributed by atoms with van der Waals surface area (Å²) in [7, 11) is 0. The first kappa shape index (κ1) is 16.7. The van der Waals surface area contributed by atoms with Gasteiger partial charge in [0.1, 0.15) is 11.5 Å². The van der Waals surface area contributed by atoms with Gasteiger partial charge in [-0.05, 0) is 31.9 Å². The molecule has 1 aromatic rings. The predicted octanol–water partition coefficient (Wildman–Crippen LogP) is 3.06. The number of unbranched alkanes of at least 4 members (excludes halogenated alkanes) is 1. The number of nitrogen functional groups attached to an aromatic ring is 1. The Balaban J connectivity index is 3.04. The summed E-state index contributed by atoms with van der Waals surface area (Å²) in [6.07, 6.45) is 2.89. The molecule has 0 radical (unpaired) electrons. The smallest absolute Gasteiger partial charge is 0.274 e. The molecule has 1 atom stereocenters. The Bertz CT molecular complexity index is 453. The average molecular weight is 299 g/mol. The molecule has 1 rings (SSSR count). The molecule has 0 aliphatic rings. The van der Waals surface area contributed by atoms with E-state index in [9.17, 15) is 4.79 Å². The fourth-order valence-corrected chi connectivity index (χ4v) is 2.07. The van der Waals surface area contributed by atoms with Crippen LogP contribution in [0.3, 0.4) is 0 Å². The third kappa shape index (κ3) is 4.08. The largest absolute Gasteiger partial charge is 0.335 e. The van der Waals surface area contributed by atoms with Crippen LogP contribution in [0, 0.1) is 0 Å². The van der Waals surface area contributed by atoms with Crippen LogP contribution < -0.4 is 11.3 Å². The van der Waals surface area contributed by atoms with Gasteiger partial charge in [0.25, 0.3) is 5.91 Å².